The first-order valence-electron chi connectivity index (χ1n) is 7.11. The van der Waals surface area contributed by atoms with Crippen LogP contribution in [-0.4, -0.2) is 59.8 Å². The predicted molar refractivity (Wildman–Crippen MR) is 70.2 cm³/mol. The van der Waals surface area contributed by atoms with Gasteiger partial charge in [-0.05, 0) is 19.8 Å². The van der Waals surface area contributed by atoms with Gasteiger partial charge in [0.15, 0.2) is 5.82 Å². The summed E-state index contributed by atoms with van der Waals surface area (Å²) in [4.78, 5) is 18.1. The third kappa shape index (κ3) is 3.16. The van der Waals surface area contributed by atoms with Crippen molar-refractivity contribution in [3.05, 3.63) is 11.7 Å². The maximum absolute atomic E-state index is 11.8. The Morgan fingerprint density at radius 2 is 2.35 bits per heavy atom. The summed E-state index contributed by atoms with van der Waals surface area (Å²) in [6.07, 6.45) is 2.34. The van der Waals surface area contributed by atoms with Crippen molar-refractivity contribution in [1.82, 2.24) is 20.4 Å². The molecular weight excluding hydrogens is 260 g/mol. The van der Waals surface area contributed by atoms with Crippen LogP contribution in [0.15, 0.2) is 4.52 Å². The first kappa shape index (κ1) is 13.5. The highest BCUT2D eigenvalue weighted by atomic mass is 16.5. The Morgan fingerprint density at radius 3 is 3.00 bits per heavy atom. The Bertz CT molecular complexity index is 464. The molecule has 1 amide bonds. The molecule has 110 valence electrons. The summed E-state index contributed by atoms with van der Waals surface area (Å²) in [5.74, 6) is 1.66. The second kappa shape index (κ2) is 5.88. The maximum Gasteiger partial charge on any atom is 0.234 e. The van der Waals surface area contributed by atoms with E-state index in [1.165, 1.54) is 0 Å². The number of carbonyl (C=O) groups excluding carboxylic acids is 1. The molecular formula is C13H20N4O3. The first-order chi connectivity index (χ1) is 9.70. The van der Waals surface area contributed by atoms with Gasteiger partial charge in [-0.1, -0.05) is 5.16 Å². The van der Waals surface area contributed by atoms with Crippen LogP contribution < -0.4 is 5.32 Å². The number of hydrogen-bond donors (Lipinski definition) is 1. The highest BCUT2D eigenvalue weighted by Gasteiger charge is 2.33. The number of amides is 1. The van der Waals surface area contributed by atoms with Crippen molar-refractivity contribution < 1.29 is 14.1 Å². The van der Waals surface area contributed by atoms with Crippen molar-refractivity contribution in [1.29, 1.82) is 0 Å². The van der Waals surface area contributed by atoms with E-state index in [-0.39, 0.29) is 17.9 Å². The summed E-state index contributed by atoms with van der Waals surface area (Å²) in [5.41, 5.74) is 0. The van der Waals surface area contributed by atoms with Crippen molar-refractivity contribution in [3.8, 4) is 0 Å². The van der Waals surface area contributed by atoms with E-state index < -0.39 is 0 Å². The number of carbonyl (C=O) groups is 1. The van der Waals surface area contributed by atoms with Crippen LogP contribution in [0.3, 0.4) is 0 Å². The maximum atomic E-state index is 11.8. The Hall–Kier alpha value is -1.47. The zero-order valence-corrected chi connectivity index (χ0v) is 11.7. The summed E-state index contributed by atoms with van der Waals surface area (Å²) >= 11 is 0. The molecule has 3 rings (SSSR count). The molecule has 1 atom stereocenters. The molecule has 0 aliphatic carbocycles. The zero-order chi connectivity index (χ0) is 13.9. The average molecular weight is 280 g/mol. The fraction of sp³-hybridized carbons (Fsp3) is 0.769. The molecule has 2 aliphatic heterocycles. The zero-order valence-electron chi connectivity index (χ0n) is 11.7. The summed E-state index contributed by atoms with van der Waals surface area (Å²) in [6, 6.07) is 0. The molecule has 1 N–H and O–H groups in total. The van der Waals surface area contributed by atoms with Gasteiger partial charge in [0.05, 0.1) is 18.6 Å². The number of hydrogen-bond acceptors (Lipinski definition) is 6. The van der Waals surface area contributed by atoms with Gasteiger partial charge < -0.3 is 14.6 Å². The normalized spacial score (nSPS) is 23.8. The molecule has 1 aromatic rings. The van der Waals surface area contributed by atoms with Crippen LogP contribution >= 0.6 is 0 Å². The lowest BCUT2D eigenvalue weighted by atomic mass is 10.0. The minimum atomic E-state index is 0.0562. The number of aromatic nitrogens is 2. The Labute approximate surface area is 117 Å². The molecule has 0 bridgehead atoms. The van der Waals surface area contributed by atoms with Gasteiger partial charge in [-0.15, -0.1) is 0 Å². The standard InChI is InChI=1S/C13H20N4O3/c1-9-15-13(20-16-9)10-6-17(7-10)8-12(18)14-5-11-3-2-4-19-11/h10-11H,2-8H2,1H3,(H,14,18)/t11-/m0/s1. The van der Waals surface area contributed by atoms with Crippen LogP contribution in [0.1, 0.15) is 30.5 Å². The molecule has 0 saturated carbocycles. The summed E-state index contributed by atoms with van der Waals surface area (Å²) in [5, 5.41) is 6.71. The van der Waals surface area contributed by atoms with Crippen molar-refractivity contribution >= 4 is 5.91 Å². The Balaban J connectivity index is 1.34. The minimum absolute atomic E-state index is 0.0562. The van der Waals surface area contributed by atoms with E-state index in [0.717, 1.165) is 32.5 Å². The van der Waals surface area contributed by atoms with E-state index in [2.05, 4.69) is 20.4 Å². The van der Waals surface area contributed by atoms with Gasteiger partial charge in [0.2, 0.25) is 11.8 Å². The van der Waals surface area contributed by atoms with Crippen LogP contribution in [0, 0.1) is 6.92 Å². The molecule has 0 aromatic carbocycles. The van der Waals surface area contributed by atoms with E-state index in [1.807, 2.05) is 6.92 Å². The van der Waals surface area contributed by atoms with Gasteiger partial charge in [-0.25, -0.2) is 0 Å². The highest BCUT2D eigenvalue weighted by Crippen LogP contribution is 2.24. The third-order valence-corrected chi connectivity index (χ3v) is 3.77. The fourth-order valence-corrected chi connectivity index (χ4v) is 2.63. The van der Waals surface area contributed by atoms with E-state index in [9.17, 15) is 4.79 Å². The fourth-order valence-electron chi connectivity index (χ4n) is 2.63. The van der Waals surface area contributed by atoms with E-state index in [1.54, 1.807) is 0 Å². The van der Waals surface area contributed by atoms with E-state index >= 15 is 0 Å². The molecule has 7 nitrogen and oxygen atoms in total. The largest absolute Gasteiger partial charge is 0.376 e. The topological polar surface area (TPSA) is 80.5 Å². The molecule has 0 unspecified atom stereocenters. The molecule has 20 heavy (non-hydrogen) atoms. The van der Waals surface area contributed by atoms with Crippen LogP contribution in [0.2, 0.25) is 0 Å². The lowest BCUT2D eigenvalue weighted by molar-refractivity contribution is -0.123. The van der Waals surface area contributed by atoms with Gasteiger partial charge in [-0.3, -0.25) is 9.69 Å². The minimum Gasteiger partial charge on any atom is -0.376 e. The highest BCUT2D eigenvalue weighted by molar-refractivity contribution is 5.78. The summed E-state index contributed by atoms with van der Waals surface area (Å²) in [7, 11) is 0. The smallest absolute Gasteiger partial charge is 0.234 e. The second-order valence-corrected chi connectivity index (χ2v) is 5.51. The first-order valence-corrected chi connectivity index (χ1v) is 7.11. The van der Waals surface area contributed by atoms with Crippen LogP contribution in [0.25, 0.3) is 0 Å². The van der Waals surface area contributed by atoms with Crippen LogP contribution in [-0.2, 0) is 9.53 Å². The summed E-state index contributed by atoms with van der Waals surface area (Å²) in [6.45, 7) is 5.28. The second-order valence-electron chi connectivity index (χ2n) is 5.51. The van der Waals surface area contributed by atoms with Crippen LogP contribution in [0.4, 0.5) is 0 Å². The molecule has 0 spiro atoms. The van der Waals surface area contributed by atoms with Gasteiger partial charge in [0.25, 0.3) is 0 Å². The van der Waals surface area contributed by atoms with Gasteiger partial charge in [-0.2, -0.15) is 4.98 Å². The molecule has 1 aromatic heterocycles. The Kier molecular flexibility index (Phi) is 3.98. The van der Waals surface area contributed by atoms with Gasteiger partial charge in [0, 0.05) is 26.2 Å². The van der Waals surface area contributed by atoms with E-state index in [0.29, 0.717) is 24.8 Å². The number of ether oxygens (including phenoxy) is 1. The number of nitrogens with one attached hydrogen (secondary N) is 1. The van der Waals surface area contributed by atoms with Crippen molar-refractivity contribution in [3.63, 3.8) is 0 Å². The van der Waals surface area contributed by atoms with Gasteiger partial charge in [0.1, 0.15) is 0 Å². The van der Waals surface area contributed by atoms with E-state index in [4.69, 9.17) is 9.26 Å². The molecule has 7 heteroatoms. The number of aryl methyl sites for hydroxylation is 1. The average Bonchev–Trinajstić information content (AvgIpc) is 3.02. The lowest BCUT2D eigenvalue weighted by Crippen LogP contribution is -2.50. The molecule has 3 heterocycles. The number of nitrogens with zero attached hydrogens (tertiary/aromatic N) is 3. The third-order valence-electron chi connectivity index (χ3n) is 3.77. The molecule has 2 fully saturated rings. The number of rotatable bonds is 5. The van der Waals surface area contributed by atoms with Crippen LogP contribution in [0.5, 0.6) is 0 Å². The summed E-state index contributed by atoms with van der Waals surface area (Å²) < 4.78 is 10.6. The SMILES string of the molecule is Cc1noc(C2CN(CC(=O)NC[C@@H]3CCCO3)C2)n1. The lowest BCUT2D eigenvalue weighted by Gasteiger charge is -2.36. The predicted octanol–water partition coefficient (Wildman–Crippen LogP) is 0.0724. The van der Waals surface area contributed by atoms with Crippen molar-refractivity contribution in [2.75, 3.05) is 32.8 Å². The molecule has 2 saturated heterocycles. The molecule has 0 radical (unpaired) electrons. The Morgan fingerprint density at radius 1 is 1.50 bits per heavy atom. The van der Waals surface area contributed by atoms with Crippen molar-refractivity contribution in [2.45, 2.75) is 31.8 Å². The number of likely N-dealkylation sites (tertiary alicyclic amines) is 1. The van der Waals surface area contributed by atoms with Gasteiger partial charge >= 0.3 is 0 Å². The molecule has 2 aliphatic rings. The monoisotopic (exact) mass is 280 g/mol. The van der Waals surface area contributed by atoms with Crippen molar-refractivity contribution in [2.24, 2.45) is 0 Å². The quantitative estimate of drug-likeness (QED) is 0.822.